The third-order valence-electron chi connectivity index (χ3n) is 5.00. The molecule has 1 aromatic carbocycles. The Balaban J connectivity index is 0.00000392. The van der Waals surface area contributed by atoms with Crippen molar-refractivity contribution in [3.63, 3.8) is 0 Å². The molecule has 1 aliphatic carbocycles. The summed E-state index contributed by atoms with van der Waals surface area (Å²) in [4.78, 5) is 4.63. The smallest absolute Gasteiger partial charge is 0.191 e. The van der Waals surface area contributed by atoms with Crippen LogP contribution < -0.4 is 10.6 Å². The standard InChI is InChI=1S/C20H31F2N3OS.HI/c1-4-23-20(25-16-7-6-8-17(12-16)27(26)5-2)24-13-14(3)15-9-10-18(21)19(22)11-15;/h9-11,14,16-17H,4-8,12-13H2,1-3H3,(H2,23,24,25);1H. The van der Waals surface area contributed by atoms with Crippen LogP contribution in [-0.2, 0) is 10.8 Å². The maximum Gasteiger partial charge on any atom is 0.191 e. The summed E-state index contributed by atoms with van der Waals surface area (Å²) in [5.74, 6) is -0.259. The van der Waals surface area contributed by atoms with Gasteiger partial charge in [-0.15, -0.1) is 24.0 Å². The number of benzene rings is 1. The van der Waals surface area contributed by atoms with E-state index >= 15 is 0 Å². The minimum atomic E-state index is -0.833. The van der Waals surface area contributed by atoms with Crippen LogP contribution in [0.1, 0.15) is 57.9 Å². The topological polar surface area (TPSA) is 53.5 Å². The molecule has 1 aliphatic rings. The molecule has 4 atom stereocenters. The van der Waals surface area contributed by atoms with Gasteiger partial charge in [0.1, 0.15) is 0 Å². The number of guanidine groups is 1. The predicted molar refractivity (Wildman–Crippen MR) is 124 cm³/mol. The predicted octanol–water partition coefficient (Wildman–Crippen LogP) is 4.32. The number of hydrogen-bond donors (Lipinski definition) is 2. The first kappa shape index (κ1) is 25.3. The molecule has 0 aliphatic heterocycles. The SMILES string of the molecule is CCNC(=NCC(C)c1ccc(F)c(F)c1)NC1CCCC(S(=O)CC)C1.I. The van der Waals surface area contributed by atoms with E-state index < -0.39 is 22.4 Å². The lowest BCUT2D eigenvalue weighted by atomic mass is 9.95. The average molecular weight is 527 g/mol. The van der Waals surface area contributed by atoms with Crippen molar-refractivity contribution in [2.75, 3.05) is 18.8 Å². The van der Waals surface area contributed by atoms with E-state index in [2.05, 4.69) is 15.6 Å². The zero-order chi connectivity index (χ0) is 19.8. The van der Waals surface area contributed by atoms with Gasteiger partial charge in [0.2, 0.25) is 0 Å². The molecule has 4 unspecified atom stereocenters. The normalized spacial score (nSPS) is 22.1. The highest BCUT2D eigenvalue weighted by atomic mass is 127. The lowest BCUT2D eigenvalue weighted by molar-refractivity contribution is 0.413. The maximum atomic E-state index is 13.4. The van der Waals surface area contributed by atoms with Crippen LogP contribution in [0.25, 0.3) is 0 Å². The second kappa shape index (κ2) is 12.7. The summed E-state index contributed by atoms with van der Waals surface area (Å²) < 4.78 is 38.7. The van der Waals surface area contributed by atoms with E-state index in [4.69, 9.17) is 0 Å². The molecule has 1 fully saturated rings. The number of hydrogen-bond acceptors (Lipinski definition) is 2. The fourth-order valence-corrected chi connectivity index (χ4v) is 4.76. The maximum absolute atomic E-state index is 13.4. The van der Waals surface area contributed by atoms with Crippen LogP contribution in [0.4, 0.5) is 8.78 Å². The molecule has 0 saturated heterocycles. The number of nitrogens with zero attached hydrogens (tertiary/aromatic N) is 1. The van der Waals surface area contributed by atoms with E-state index in [0.717, 1.165) is 49.8 Å². The fraction of sp³-hybridized carbons (Fsp3) is 0.650. The Morgan fingerprint density at radius 2 is 2.04 bits per heavy atom. The van der Waals surface area contributed by atoms with Gasteiger partial charge in [-0.1, -0.05) is 26.3 Å². The van der Waals surface area contributed by atoms with Crippen LogP contribution in [-0.4, -0.2) is 40.3 Å². The monoisotopic (exact) mass is 527 g/mol. The molecule has 0 amide bonds. The Hall–Kier alpha value is -0.770. The van der Waals surface area contributed by atoms with Crippen molar-refractivity contribution in [1.29, 1.82) is 0 Å². The first-order valence-electron chi connectivity index (χ1n) is 9.81. The number of halogens is 3. The summed E-state index contributed by atoms with van der Waals surface area (Å²) in [7, 11) is -0.759. The van der Waals surface area contributed by atoms with Gasteiger partial charge in [-0.2, -0.15) is 0 Å². The zero-order valence-corrected chi connectivity index (χ0v) is 20.0. The largest absolute Gasteiger partial charge is 0.357 e. The highest BCUT2D eigenvalue weighted by Gasteiger charge is 2.26. The molecule has 0 spiro atoms. The molecule has 0 bridgehead atoms. The lowest BCUT2D eigenvalue weighted by Crippen LogP contribution is -2.46. The second-order valence-corrected chi connectivity index (χ2v) is 9.10. The quantitative estimate of drug-likeness (QED) is 0.316. The average Bonchev–Trinajstić information content (AvgIpc) is 2.67. The third kappa shape index (κ3) is 7.57. The summed E-state index contributed by atoms with van der Waals surface area (Å²) in [5.41, 5.74) is 0.726. The molecule has 4 nitrogen and oxygen atoms in total. The Labute approximate surface area is 186 Å². The van der Waals surface area contributed by atoms with Crippen LogP contribution in [0.5, 0.6) is 0 Å². The minimum Gasteiger partial charge on any atom is -0.357 e. The molecular weight excluding hydrogens is 495 g/mol. The zero-order valence-electron chi connectivity index (χ0n) is 16.8. The van der Waals surface area contributed by atoms with E-state index in [9.17, 15) is 13.0 Å². The van der Waals surface area contributed by atoms with E-state index in [1.807, 2.05) is 20.8 Å². The molecule has 2 rings (SSSR count). The van der Waals surface area contributed by atoms with Gasteiger partial charge in [0.25, 0.3) is 0 Å². The Morgan fingerprint density at radius 1 is 1.29 bits per heavy atom. The summed E-state index contributed by atoms with van der Waals surface area (Å²) >= 11 is 0. The Kier molecular flexibility index (Phi) is 11.5. The van der Waals surface area contributed by atoms with Crippen molar-refractivity contribution in [2.45, 2.75) is 63.7 Å². The highest BCUT2D eigenvalue weighted by Crippen LogP contribution is 2.23. The summed E-state index contributed by atoms with van der Waals surface area (Å²) in [5, 5.41) is 6.96. The van der Waals surface area contributed by atoms with Crippen LogP contribution in [0, 0.1) is 11.6 Å². The number of aliphatic imine (C=N–C) groups is 1. The third-order valence-corrected chi connectivity index (χ3v) is 6.74. The van der Waals surface area contributed by atoms with Crippen molar-refractivity contribution < 1.29 is 13.0 Å². The molecule has 1 aromatic rings. The minimum absolute atomic E-state index is 0. The molecule has 0 heterocycles. The summed E-state index contributed by atoms with van der Waals surface area (Å²) in [6.07, 6.45) is 4.03. The second-order valence-electron chi connectivity index (χ2n) is 7.09. The van der Waals surface area contributed by atoms with Crippen molar-refractivity contribution in [1.82, 2.24) is 10.6 Å². The molecular formula is C20H32F2IN3OS. The highest BCUT2D eigenvalue weighted by molar-refractivity contribution is 14.0. The van der Waals surface area contributed by atoms with Crippen molar-refractivity contribution >= 4 is 40.7 Å². The molecule has 0 aromatic heterocycles. The van der Waals surface area contributed by atoms with Crippen molar-refractivity contribution in [3.8, 4) is 0 Å². The van der Waals surface area contributed by atoms with Gasteiger partial charge in [-0.25, -0.2) is 8.78 Å². The summed E-state index contributed by atoms with van der Waals surface area (Å²) in [6.45, 7) is 7.13. The molecule has 2 N–H and O–H groups in total. The molecule has 28 heavy (non-hydrogen) atoms. The van der Waals surface area contributed by atoms with Gasteiger partial charge in [-0.3, -0.25) is 9.20 Å². The van der Waals surface area contributed by atoms with Crippen LogP contribution in [0.3, 0.4) is 0 Å². The molecule has 1 saturated carbocycles. The van der Waals surface area contributed by atoms with Crippen LogP contribution in [0.2, 0.25) is 0 Å². The number of rotatable bonds is 7. The van der Waals surface area contributed by atoms with Gasteiger partial charge in [0.15, 0.2) is 17.6 Å². The summed E-state index contributed by atoms with van der Waals surface area (Å²) in [6, 6.07) is 4.26. The van der Waals surface area contributed by atoms with E-state index in [1.165, 1.54) is 6.07 Å². The molecule has 0 radical (unpaired) electrons. The van der Waals surface area contributed by atoms with Crippen molar-refractivity contribution in [2.24, 2.45) is 4.99 Å². The lowest BCUT2D eigenvalue weighted by Gasteiger charge is -2.30. The van der Waals surface area contributed by atoms with E-state index in [1.54, 1.807) is 6.07 Å². The van der Waals surface area contributed by atoms with Gasteiger partial charge in [0.05, 0.1) is 0 Å². The first-order chi connectivity index (χ1) is 12.9. The van der Waals surface area contributed by atoms with Crippen LogP contribution in [0.15, 0.2) is 23.2 Å². The van der Waals surface area contributed by atoms with Gasteiger partial charge >= 0.3 is 0 Å². The van der Waals surface area contributed by atoms with Gasteiger partial charge in [0, 0.05) is 46.9 Å². The van der Waals surface area contributed by atoms with E-state index in [0.29, 0.717) is 12.3 Å². The van der Waals surface area contributed by atoms with Crippen LogP contribution >= 0.6 is 24.0 Å². The van der Waals surface area contributed by atoms with Gasteiger partial charge < -0.3 is 10.6 Å². The first-order valence-corrected chi connectivity index (χ1v) is 11.2. The van der Waals surface area contributed by atoms with E-state index in [-0.39, 0.29) is 41.2 Å². The Morgan fingerprint density at radius 3 is 2.68 bits per heavy atom. The Bertz CT molecular complexity index is 675. The number of nitrogens with one attached hydrogen (secondary N) is 2. The fourth-order valence-electron chi connectivity index (χ4n) is 3.42. The van der Waals surface area contributed by atoms with Crippen molar-refractivity contribution in [3.05, 3.63) is 35.4 Å². The molecule has 8 heteroatoms. The molecule has 160 valence electrons. The van der Waals surface area contributed by atoms with Gasteiger partial charge in [-0.05, 0) is 43.9 Å².